The SMILES string of the molecule is CCCCCNS(=O)(=O)c1csc(CNCC)c1. The maximum absolute atomic E-state index is 12.0. The molecule has 104 valence electrons. The zero-order valence-electron chi connectivity index (χ0n) is 11.0. The number of hydrogen-bond acceptors (Lipinski definition) is 4. The molecule has 0 bridgehead atoms. The zero-order chi connectivity index (χ0) is 13.4. The Kier molecular flexibility index (Phi) is 6.85. The molecule has 1 rings (SSSR count). The van der Waals surface area contributed by atoms with Crippen LogP contribution in [0.4, 0.5) is 0 Å². The molecule has 0 atom stereocenters. The van der Waals surface area contributed by atoms with Gasteiger partial charge in [0.2, 0.25) is 10.0 Å². The average molecular weight is 290 g/mol. The summed E-state index contributed by atoms with van der Waals surface area (Å²) < 4.78 is 26.6. The molecule has 18 heavy (non-hydrogen) atoms. The van der Waals surface area contributed by atoms with Crippen molar-refractivity contribution in [3.63, 3.8) is 0 Å². The summed E-state index contributed by atoms with van der Waals surface area (Å²) in [6.07, 6.45) is 3.04. The lowest BCUT2D eigenvalue weighted by Crippen LogP contribution is -2.24. The Balaban J connectivity index is 2.53. The van der Waals surface area contributed by atoms with Crippen molar-refractivity contribution in [2.75, 3.05) is 13.1 Å². The summed E-state index contributed by atoms with van der Waals surface area (Å²) in [5, 5.41) is 4.89. The maximum atomic E-state index is 12.0. The molecule has 1 aromatic heterocycles. The van der Waals surface area contributed by atoms with E-state index in [1.807, 2.05) is 6.92 Å². The van der Waals surface area contributed by atoms with Crippen LogP contribution < -0.4 is 10.0 Å². The summed E-state index contributed by atoms with van der Waals surface area (Å²) in [4.78, 5) is 1.43. The third kappa shape index (κ3) is 5.06. The highest BCUT2D eigenvalue weighted by Gasteiger charge is 2.15. The fraction of sp³-hybridized carbons (Fsp3) is 0.667. The molecule has 0 saturated heterocycles. The monoisotopic (exact) mass is 290 g/mol. The fourth-order valence-corrected chi connectivity index (χ4v) is 3.83. The number of rotatable bonds is 9. The van der Waals surface area contributed by atoms with E-state index in [-0.39, 0.29) is 0 Å². The molecule has 0 aliphatic carbocycles. The molecule has 1 heterocycles. The molecule has 0 aromatic carbocycles. The average Bonchev–Trinajstić information content (AvgIpc) is 2.81. The van der Waals surface area contributed by atoms with Crippen LogP contribution in [0, 0.1) is 0 Å². The second-order valence-electron chi connectivity index (χ2n) is 4.13. The standard InChI is InChI=1S/C12H22N2O2S2/c1-3-5-6-7-14-18(15,16)12-8-11(17-10-12)9-13-4-2/h8,10,13-14H,3-7,9H2,1-2H3. The molecule has 6 heteroatoms. The summed E-state index contributed by atoms with van der Waals surface area (Å²) in [6, 6.07) is 1.75. The van der Waals surface area contributed by atoms with Gasteiger partial charge in [0.25, 0.3) is 0 Å². The second kappa shape index (κ2) is 7.89. The first kappa shape index (κ1) is 15.6. The normalized spacial score (nSPS) is 11.9. The van der Waals surface area contributed by atoms with Crippen molar-refractivity contribution in [3.8, 4) is 0 Å². The second-order valence-corrected chi connectivity index (χ2v) is 6.90. The molecule has 1 aromatic rings. The van der Waals surface area contributed by atoms with Crippen LogP contribution in [-0.4, -0.2) is 21.5 Å². The lowest BCUT2D eigenvalue weighted by Gasteiger charge is -2.04. The Labute approximate surface area is 114 Å². The molecule has 0 fully saturated rings. The van der Waals surface area contributed by atoms with Gasteiger partial charge >= 0.3 is 0 Å². The molecule has 0 aliphatic rings. The van der Waals surface area contributed by atoms with Crippen molar-refractivity contribution >= 4 is 21.4 Å². The summed E-state index contributed by atoms with van der Waals surface area (Å²) in [7, 11) is -3.31. The van der Waals surface area contributed by atoms with E-state index in [0.717, 1.165) is 37.2 Å². The number of hydrogen-bond donors (Lipinski definition) is 2. The quantitative estimate of drug-likeness (QED) is 0.686. The molecular weight excluding hydrogens is 268 g/mol. The van der Waals surface area contributed by atoms with Gasteiger partial charge < -0.3 is 5.32 Å². The van der Waals surface area contributed by atoms with E-state index in [9.17, 15) is 8.42 Å². The van der Waals surface area contributed by atoms with E-state index < -0.39 is 10.0 Å². The minimum atomic E-state index is -3.31. The van der Waals surface area contributed by atoms with Crippen LogP contribution in [0.25, 0.3) is 0 Å². The Morgan fingerprint density at radius 3 is 2.72 bits per heavy atom. The highest BCUT2D eigenvalue weighted by atomic mass is 32.2. The van der Waals surface area contributed by atoms with E-state index in [4.69, 9.17) is 0 Å². The Morgan fingerprint density at radius 1 is 1.28 bits per heavy atom. The van der Waals surface area contributed by atoms with Crippen LogP contribution in [0.1, 0.15) is 38.0 Å². The third-order valence-electron chi connectivity index (χ3n) is 2.56. The summed E-state index contributed by atoms with van der Waals surface area (Å²) in [5.74, 6) is 0. The zero-order valence-corrected chi connectivity index (χ0v) is 12.7. The van der Waals surface area contributed by atoms with Crippen LogP contribution in [0.2, 0.25) is 0 Å². The minimum absolute atomic E-state index is 0.386. The van der Waals surface area contributed by atoms with E-state index in [0.29, 0.717) is 11.4 Å². The van der Waals surface area contributed by atoms with Crippen LogP contribution in [0.5, 0.6) is 0 Å². The third-order valence-corrected chi connectivity index (χ3v) is 5.09. The van der Waals surface area contributed by atoms with Gasteiger partial charge in [0, 0.05) is 23.3 Å². The predicted octanol–water partition coefficient (Wildman–Crippen LogP) is 2.33. The molecule has 0 spiro atoms. The fourth-order valence-electron chi connectivity index (χ4n) is 1.51. The van der Waals surface area contributed by atoms with E-state index >= 15 is 0 Å². The number of sulfonamides is 1. The van der Waals surface area contributed by atoms with Gasteiger partial charge in [-0.15, -0.1) is 11.3 Å². The smallest absolute Gasteiger partial charge is 0.241 e. The maximum Gasteiger partial charge on any atom is 0.241 e. The van der Waals surface area contributed by atoms with Crippen molar-refractivity contribution in [1.29, 1.82) is 0 Å². The van der Waals surface area contributed by atoms with Crippen molar-refractivity contribution in [3.05, 3.63) is 16.3 Å². The van der Waals surface area contributed by atoms with Gasteiger partial charge in [0.15, 0.2) is 0 Å². The molecule has 0 amide bonds. The van der Waals surface area contributed by atoms with Crippen molar-refractivity contribution in [2.45, 2.75) is 44.6 Å². The number of nitrogens with one attached hydrogen (secondary N) is 2. The highest BCUT2D eigenvalue weighted by Crippen LogP contribution is 2.19. The van der Waals surface area contributed by atoms with Crippen LogP contribution in [-0.2, 0) is 16.6 Å². The Hall–Kier alpha value is -0.430. The topological polar surface area (TPSA) is 58.2 Å². The summed E-state index contributed by atoms with van der Waals surface area (Å²) in [5.41, 5.74) is 0. The highest BCUT2D eigenvalue weighted by molar-refractivity contribution is 7.89. The van der Waals surface area contributed by atoms with Crippen molar-refractivity contribution < 1.29 is 8.42 Å². The van der Waals surface area contributed by atoms with Gasteiger partial charge in [-0.25, -0.2) is 13.1 Å². The Morgan fingerprint density at radius 2 is 2.06 bits per heavy atom. The molecule has 0 radical (unpaired) electrons. The van der Waals surface area contributed by atoms with E-state index in [1.54, 1.807) is 11.4 Å². The summed E-state index contributed by atoms with van der Waals surface area (Å²) >= 11 is 1.48. The molecule has 0 aliphatic heterocycles. The van der Waals surface area contributed by atoms with Gasteiger partial charge in [0.05, 0.1) is 4.90 Å². The van der Waals surface area contributed by atoms with Gasteiger partial charge in [0.1, 0.15) is 0 Å². The van der Waals surface area contributed by atoms with Gasteiger partial charge in [-0.2, -0.15) is 0 Å². The molecule has 2 N–H and O–H groups in total. The lowest BCUT2D eigenvalue weighted by atomic mass is 10.3. The predicted molar refractivity (Wildman–Crippen MR) is 76.4 cm³/mol. The first-order chi connectivity index (χ1) is 8.60. The van der Waals surface area contributed by atoms with E-state index in [1.165, 1.54) is 11.3 Å². The van der Waals surface area contributed by atoms with Crippen LogP contribution in [0.15, 0.2) is 16.3 Å². The first-order valence-corrected chi connectivity index (χ1v) is 8.74. The van der Waals surface area contributed by atoms with Gasteiger partial charge in [-0.1, -0.05) is 26.7 Å². The van der Waals surface area contributed by atoms with Crippen LogP contribution >= 0.6 is 11.3 Å². The Bertz CT molecular complexity index is 441. The molecule has 0 unspecified atom stereocenters. The number of unbranched alkanes of at least 4 members (excludes halogenated alkanes) is 2. The van der Waals surface area contributed by atoms with Gasteiger partial charge in [-0.05, 0) is 19.0 Å². The molecular formula is C12H22N2O2S2. The molecule has 0 saturated carbocycles. The summed E-state index contributed by atoms with van der Waals surface area (Å²) in [6.45, 7) is 6.26. The van der Waals surface area contributed by atoms with Crippen molar-refractivity contribution in [2.24, 2.45) is 0 Å². The number of thiophene rings is 1. The van der Waals surface area contributed by atoms with Crippen molar-refractivity contribution in [1.82, 2.24) is 10.0 Å². The van der Waals surface area contributed by atoms with Crippen LogP contribution in [0.3, 0.4) is 0 Å². The minimum Gasteiger partial charge on any atom is -0.312 e. The molecule has 4 nitrogen and oxygen atoms in total. The van der Waals surface area contributed by atoms with Gasteiger partial charge in [-0.3, -0.25) is 0 Å². The van der Waals surface area contributed by atoms with E-state index in [2.05, 4.69) is 17.0 Å². The lowest BCUT2D eigenvalue weighted by molar-refractivity contribution is 0.576. The first-order valence-electron chi connectivity index (χ1n) is 6.38. The largest absolute Gasteiger partial charge is 0.312 e.